The van der Waals surface area contributed by atoms with E-state index in [0.717, 1.165) is 19.3 Å². The van der Waals surface area contributed by atoms with E-state index < -0.39 is 6.61 Å². The Morgan fingerprint density at radius 2 is 2.07 bits per heavy atom. The smallest absolute Gasteiger partial charge is 0.387 e. The predicted molar refractivity (Wildman–Crippen MR) is 103 cm³/mol. The summed E-state index contributed by atoms with van der Waals surface area (Å²) in [4.78, 5) is 16.2. The van der Waals surface area contributed by atoms with Crippen LogP contribution < -0.4 is 25.4 Å². The van der Waals surface area contributed by atoms with E-state index in [1.165, 1.54) is 6.07 Å². The summed E-state index contributed by atoms with van der Waals surface area (Å²) in [5, 5.41) is 8.84. The molecule has 1 saturated carbocycles. The maximum absolute atomic E-state index is 12.8. The minimum absolute atomic E-state index is 0.0228. The van der Waals surface area contributed by atoms with E-state index in [1.54, 1.807) is 12.1 Å². The van der Waals surface area contributed by atoms with Crippen molar-refractivity contribution in [1.29, 1.82) is 0 Å². The number of rotatable bonds is 11. The molecular formula is C19H28F2N4O3. The van der Waals surface area contributed by atoms with E-state index >= 15 is 0 Å². The lowest BCUT2D eigenvalue weighted by atomic mass is 10.2. The molecule has 1 amide bonds. The third kappa shape index (κ3) is 7.98. The van der Waals surface area contributed by atoms with Gasteiger partial charge in [0.2, 0.25) is 5.91 Å². The number of nitrogens with one attached hydrogen (secondary N) is 3. The van der Waals surface area contributed by atoms with Crippen molar-refractivity contribution in [3.05, 3.63) is 23.8 Å². The van der Waals surface area contributed by atoms with Crippen molar-refractivity contribution < 1.29 is 23.0 Å². The van der Waals surface area contributed by atoms with E-state index in [2.05, 4.69) is 25.7 Å². The van der Waals surface area contributed by atoms with Crippen LogP contribution in [0.25, 0.3) is 0 Å². The summed E-state index contributed by atoms with van der Waals surface area (Å²) >= 11 is 0. The molecule has 1 fully saturated rings. The monoisotopic (exact) mass is 398 g/mol. The van der Waals surface area contributed by atoms with E-state index in [0.29, 0.717) is 30.4 Å². The second kappa shape index (κ2) is 11.3. The van der Waals surface area contributed by atoms with E-state index in [4.69, 9.17) is 4.74 Å². The van der Waals surface area contributed by atoms with Gasteiger partial charge in [-0.1, -0.05) is 6.92 Å². The molecule has 28 heavy (non-hydrogen) atoms. The van der Waals surface area contributed by atoms with E-state index in [-0.39, 0.29) is 30.8 Å². The standard InChI is InChI=1S/C19H28F2N4O3/c1-3-9-27-15-8-5-13(16(10-15)28-18(20)21)11-23-19(22-4-2)24-12-17(26)25-14-6-7-14/h5,8,10,14,18H,3-4,6-7,9,11-12H2,1-2H3,(H,25,26)(H2,22,23,24). The first-order valence-corrected chi connectivity index (χ1v) is 9.53. The SMILES string of the molecule is CCCOc1ccc(CN=C(NCC)NCC(=O)NC2CC2)c(OC(F)F)c1. The normalized spacial score (nSPS) is 14.0. The molecule has 0 atom stereocenters. The lowest BCUT2D eigenvalue weighted by Gasteiger charge is -2.14. The van der Waals surface area contributed by atoms with Crippen LogP contribution in [-0.4, -0.2) is 44.2 Å². The molecule has 0 unspecified atom stereocenters. The molecule has 0 bridgehead atoms. The highest BCUT2D eigenvalue weighted by atomic mass is 19.3. The van der Waals surface area contributed by atoms with Gasteiger partial charge in [-0.15, -0.1) is 0 Å². The van der Waals surface area contributed by atoms with Gasteiger partial charge in [-0.25, -0.2) is 4.99 Å². The van der Waals surface area contributed by atoms with Crippen molar-refractivity contribution in [2.75, 3.05) is 19.7 Å². The minimum atomic E-state index is -2.94. The molecule has 156 valence electrons. The number of nitrogens with zero attached hydrogens (tertiary/aromatic N) is 1. The van der Waals surface area contributed by atoms with Crippen LogP contribution in [-0.2, 0) is 11.3 Å². The van der Waals surface area contributed by atoms with Crippen LogP contribution in [0.5, 0.6) is 11.5 Å². The fourth-order valence-corrected chi connectivity index (χ4v) is 2.36. The van der Waals surface area contributed by atoms with Gasteiger partial charge in [0, 0.05) is 24.2 Å². The number of ether oxygens (including phenoxy) is 2. The van der Waals surface area contributed by atoms with Gasteiger partial charge in [0.05, 0.1) is 19.7 Å². The highest BCUT2D eigenvalue weighted by Crippen LogP contribution is 2.27. The molecule has 0 spiro atoms. The second-order valence-corrected chi connectivity index (χ2v) is 6.39. The van der Waals surface area contributed by atoms with Gasteiger partial charge in [0.25, 0.3) is 0 Å². The zero-order valence-corrected chi connectivity index (χ0v) is 16.3. The average Bonchev–Trinajstić information content (AvgIpc) is 3.46. The number of alkyl halides is 2. The number of carbonyl (C=O) groups excluding carboxylic acids is 1. The summed E-state index contributed by atoms with van der Waals surface area (Å²) in [6, 6.07) is 5.07. The number of guanidine groups is 1. The number of hydrogen-bond acceptors (Lipinski definition) is 4. The Balaban J connectivity index is 2.02. The van der Waals surface area contributed by atoms with Crippen LogP contribution in [0, 0.1) is 0 Å². The fraction of sp³-hybridized carbons (Fsp3) is 0.579. The summed E-state index contributed by atoms with van der Waals surface area (Å²) in [5.41, 5.74) is 0.490. The van der Waals surface area contributed by atoms with E-state index in [1.807, 2.05) is 13.8 Å². The lowest BCUT2D eigenvalue weighted by Crippen LogP contribution is -2.43. The molecule has 1 aromatic carbocycles. The van der Waals surface area contributed by atoms with Crippen LogP contribution in [0.3, 0.4) is 0 Å². The predicted octanol–water partition coefficient (Wildman–Crippen LogP) is 2.41. The summed E-state index contributed by atoms with van der Waals surface area (Å²) in [6.45, 7) is 2.19. The van der Waals surface area contributed by atoms with Crippen molar-refractivity contribution in [2.24, 2.45) is 4.99 Å². The number of amides is 1. The summed E-state index contributed by atoms with van der Waals surface area (Å²) in [7, 11) is 0. The van der Waals surface area contributed by atoms with Crippen molar-refractivity contribution in [2.45, 2.75) is 52.3 Å². The maximum atomic E-state index is 12.8. The van der Waals surface area contributed by atoms with Gasteiger partial charge in [0.15, 0.2) is 5.96 Å². The zero-order valence-electron chi connectivity index (χ0n) is 16.3. The first-order chi connectivity index (χ1) is 13.5. The molecule has 0 heterocycles. The third-order valence-corrected chi connectivity index (χ3v) is 3.84. The third-order valence-electron chi connectivity index (χ3n) is 3.84. The topological polar surface area (TPSA) is 84.0 Å². The Kier molecular flexibility index (Phi) is 8.77. The maximum Gasteiger partial charge on any atom is 0.387 e. The number of aliphatic imine (C=N–C) groups is 1. The Morgan fingerprint density at radius 1 is 1.29 bits per heavy atom. The molecule has 0 radical (unpaired) electrons. The summed E-state index contributed by atoms with van der Waals surface area (Å²) in [5.74, 6) is 0.802. The summed E-state index contributed by atoms with van der Waals surface area (Å²) < 4.78 is 35.6. The van der Waals surface area contributed by atoms with Crippen molar-refractivity contribution in [1.82, 2.24) is 16.0 Å². The van der Waals surface area contributed by atoms with Gasteiger partial charge in [-0.05, 0) is 38.3 Å². The van der Waals surface area contributed by atoms with Crippen LogP contribution in [0.15, 0.2) is 23.2 Å². The molecule has 1 aliphatic rings. The molecule has 1 aromatic rings. The van der Waals surface area contributed by atoms with Crippen LogP contribution >= 0.6 is 0 Å². The van der Waals surface area contributed by atoms with Gasteiger partial charge in [0.1, 0.15) is 11.5 Å². The first kappa shape index (κ1) is 21.7. The van der Waals surface area contributed by atoms with Gasteiger partial charge >= 0.3 is 6.61 Å². The summed E-state index contributed by atoms with van der Waals surface area (Å²) in [6.07, 6.45) is 2.85. The Hall–Kier alpha value is -2.58. The number of hydrogen-bond donors (Lipinski definition) is 3. The molecule has 7 nitrogen and oxygen atoms in total. The molecule has 9 heteroatoms. The quantitative estimate of drug-likeness (QED) is 0.394. The Morgan fingerprint density at radius 3 is 2.71 bits per heavy atom. The second-order valence-electron chi connectivity index (χ2n) is 6.39. The molecular weight excluding hydrogens is 370 g/mol. The van der Waals surface area contributed by atoms with Crippen LogP contribution in [0.1, 0.15) is 38.7 Å². The largest absolute Gasteiger partial charge is 0.493 e. The lowest BCUT2D eigenvalue weighted by molar-refractivity contribution is -0.120. The van der Waals surface area contributed by atoms with Crippen LogP contribution in [0.2, 0.25) is 0 Å². The Bertz CT molecular complexity index is 667. The Labute approximate surface area is 163 Å². The highest BCUT2D eigenvalue weighted by molar-refractivity contribution is 5.86. The average molecular weight is 398 g/mol. The van der Waals surface area contributed by atoms with Crippen LogP contribution in [0.4, 0.5) is 8.78 Å². The van der Waals surface area contributed by atoms with Gasteiger partial charge in [-0.3, -0.25) is 4.79 Å². The molecule has 0 aromatic heterocycles. The zero-order chi connectivity index (χ0) is 20.4. The van der Waals surface area contributed by atoms with Crippen molar-refractivity contribution in [3.8, 4) is 11.5 Å². The molecule has 2 rings (SSSR count). The number of carbonyl (C=O) groups is 1. The minimum Gasteiger partial charge on any atom is -0.493 e. The number of benzene rings is 1. The fourth-order valence-electron chi connectivity index (χ4n) is 2.36. The molecule has 3 N–H and O–H groups in total. The van der Waals surface area contributed by atoms with Crippen molar-refractivity contribution >= 4 is 11.9 Å². The highest BCUT2D eigenvalue weighted by Gasteiger charge is 2.23. The van der Waals surface area contributed by atoms with Gasteiger partial charge in [-0.2, -0.15) is 8.78 Å². The molecule has 0 saturated heterocycles. The van der Waals surface area contributed by atoms with Crippen molar-refractivity contribution in [3.63, 3.8) is 0 Å². The van der Waals surface area contributed by atoms with Gasteiger partial charge < -0.3 is 25.4 Å². The number of halogens is 2. The van der Waals surface area contributed by atoms with E-state index in [9.17, 15) is 13.6 Å². The molecule has 1 aliphatic carbocycles. The first-order valence-electron chi connectivity index (χ1n) is 9.53. The molecule has 0 aliphatic heterocycles.